The SMILES string of the molecule is CCOC(=O)CNC(=O)c1cc(=O)[nH]c(Cc2ccc(OC)cc2)n1. The first-order chi connectivity index (χ1) is 12.0. The van der Waals surface area contributed by atoms with Gasteiger partial charge in [-0.25, -0.2) is 4.98 Å². The lowest BCUT2D eigenvalue weighted by atomic mass is 10.1. The number of aromatic nitrogens is 2. The van der Waals surface area contributed by atoms with E-state index in [0.29, 0.717) is 12.2 Å². The van der Waals surface area contributed by atoms with Gasteiger partial charge < -0.3 is 19.8 Å². The minimum atomic E-state index is -0.616. The molecule has 1 heterocycles. The molecule has 8 nitrogen and oxygen atoms in total. The van der Waals surface area contributed by atoms with Crippen LogP contribution in [-0.4, -0.2) is 42.1 Å². The van der Waals surface area contributed by atoms with Crippen molar-refractivity contribution in [3.05, 3.63) is 57.8 Å². The Labute approximate surface area is 144 Å². The third kappa shape index (κ3) is 5.45. The molecule has 0 saturated heterocycles. The average Bonchev–Trinajstić information content (AvgIpc) is 2.60. The topological polar surface area (TPSA) is 110 Å². The van der Waals surface area contributed by atoms with Crippen LogP contribution in [0.4, 0.5) is 0 Å². The summed E-state index contributed by atoms with van der Waals surface area (Å²) >= 11 is 0. The van der Waals surface area contributed by atoms with Crippen molar-refractivity contribution in [2.24, 2.45) is 0 Å². The van der Waals surface area contributed by atoms with Crippen LogP contribution >= 0.6 is 0 Å². The predicted molar refractivity (Wildman–Crippen MR) is 89.6 cm³/mol. The molecule has 1 aromatic carbocycles. The number of methoxy groups -OCH3 is 1. The summed E-state index contributed by atoms with van der Waals surface area (Å²) < 4.78 is 9.81. The normalized spacial score (nSPS) is 10.2. The van der Waals surface area contributed by atoms with Crippen molar-refractivity contribution < 1.29 is 19.1 Å². The Kier molecular flexibility index (Phi) is 6.27. The van der Waals surface area contributed by atoms with Crippen molar-refractivity contribution in [2.75, 3.05) is 20.3 Å². The van der Waals surface area contributed by atoms with Gasteiger partial charge in [0.1, 0.15) is 23.8 Å². The Morgan fingerprint density at radius 2 is 1.96 bits per heavy atom. The van der Waals surface area contributed by atoms with E-state index in [2.05, 4.69) is 15.3 Å². The summed E-state index contributed by atoms with van der Waals surface area (Å²) in [7, 11) is 1.58. The van der Waals surface area contributed by atoms with Crippen LogP contribution in [0.15, 0.2) is 35.1 Å². The predicted octanol–water partition coefficient (Wildman–Crippen LogP) is 0.662. The lowest BCUT2D eigenvalue weighted by Gasteiger charge is -2.07. The highest BCUT2D eigenvalue weighted by Gasteiger charge is 2.12. The van der Waals surface area contributed by atoms with Crippen molar-refractivity contribution >= 4 is 11.9 Å². The van der Waals surface area contributed by atoms with Gasteiger partial charge in [-0.15, -0.1) is 0 Å². The average molecular weight is 345 g/mol. The first-order valence-corrected chi connectivity index (χ1v) is 7.68. The van der Waals surface area contributed by atoms with Gasteiger partial charge >= 0.3 is 5.97 Å². The molecule has 2 aromatic rings. The van der Waals surface area contributed by atoms with Gasteiger partial charge in [0.2, 0.25) is 0 Å². The molecule has 1 amide bonds. The third-order valence-corrected chi connectivity index (χ3v) is 3.25. The third-order valence-electron chi connectivity index (χ3n) is 3.25. The summed E-state index contributed by atoms with van der Waals surface area (Å²) in [5.74, 6) is -0.106. The van der Waals surface area contributed by atoms with Gasteiger partial charge in [0, 0.05) is 12.5 Å². The highest BCUT2D eigenvalue weighted by Crippen LogP contribution is 2.13. The van der Waals surface area contributed by atoms with Crippen LogP contribution < -0.4 is 15.6 Å². The van der Waals surface area contributed by atoms with Crippen LogP contribution in [0.3, 0.4) is 0 Å². The molecule has 0 radical (unpaired) electrons. The number of amides is 1. The maximum Gasteiger partial charge on any atom is 0.325 e. The molecule has 0 spiro atoms. The zero-order valence-corrected chi connectivity index (χ0v) is 14.0. The Bertz CT molecular complexity index is 799. The monoisotopic (exact) mass is 345 g/mol. The Morgan fingerprint density at radius 3 is 2.60 bits per heavy atom. The van der Waals surface area contributed by atoms with E-state index in [9.17, 15) is 14.4 Å². The molecule has 0 unspecified atom stereocenters. The molecule has 0 aliphatic heterocycles. The van der Waals surface area contributed by atoms with Gasteiger partial charge in [0.15, 0.2) is 0 Å². The quantitative estimate of drug-likeness (QED) is 0.714. The second-order valence-corrected chi connectivity index (χ2v) is 5.09. The van der Waals surface area contributed by atoms with Crippen molar-refractivity contribution in [3.8, 4) is 5.75 Å². The first kappa shape index (κ1) is 18.2. The van der Waals surface area contributed by atoms with Crippen LogP contribution in [-0.2, 0) is 16.0 Å². The van der Waals surface area contributed by atoms with Gasteiger partial charge in [-0.05, 0) is 24.6 Å². The summed E-state index contributed by atoms with van der Waals surface area (Å²) in [6.45, 7) is 1.61. The molecular formula is C17H19N3O5. The van der Waals surface area contributed by atoms with E-state index < -0.39 is 17.4 Å². The fourth-order valence-corrected chi connectivity index (χ4v) is 2.10. The highest BCUT2D eigenvalue weighted by molar-refractivity contribution is 5.94. The molecule has 8 heteroatoms. The smallest absolute Gasteiger partial charge is 0.325 e. The number of rotatable bonds is 7. The zero-order valence-electron chi connectivity index (χ0n) is 14.0. The first-order valence-electron chi connectivity index (χ1n) is 7.68. The maximum absolute atomic E-state index is 12.0. The summed E-state index contributed by atoms with van der Waals surface area (Å²) in [6, 6.07) is 8.35. The number of nitrogens with zero attached hydrogens (tertiary/aromatic N) is 1. The molecule has 1 aromatic heterocycles. The molecule has 0 aliphatic carbocycles. The molecule has 2 N–H and O–H groups in total. The lowest BCUT2D eigenvalue weighted by molar-refractivity contribution is -0.141. The number of aromatic amines is 1. The Hall–Kier alpha value is -3.16. The number of H-pyrrole nitrogens is 1. The van der Waals surface area contributed by atoms with Gasteiger partial charge in [0.05, 0.1) is 13.7 Å². The number of ether oxygens (including phenoxy) is 2. The lowest BCUT2D eigenvalue weighted by Crippen LogP contribution is -2.32. The van der Waals surface area contributed by atoms with Crippen molar-refractivity contribution in [1.29, 1.82) is 0 Å². The standard InChI is InChI=1S/C17H19N3O5/c1-3-25-16(22)10-18-17(23)13-9-15(21)20-14(19-13)8-11-4-6-12(24-2)7-5-11/h4-7,9H,3,8,10H2,1-2H3,(H,18,23)(H,19,20,21). The number of nitrogens with one attached hydrogen (secondary N) is 2. The fourth-order valence-electron chi connectivity index (χ4n) is 2.10. The van der Waals surface area contributed by atoms with E-state index in [-0.39, 0.29) is 18.8 Å². The molecule has 0 aliphatic rings. The van der Waals surface area contributed by atoms with Gasteiger partial charge in [-0.3, -0.25) is 14.4 Å². The molecule has 25 heavy (non-hydrogen) atoms. The molecule has 0 fully saturated rings. The number of esters is 1. The van der Waals surface area contributed by atoms with E-state index >= 15 is 0 Å². The van der Waals surface area contributed by atoms with E-state index in [1.807, 2.05) is 12.1 Å². The number of carbonyl (C=O) groups excluding carboxylic acids is 2. The summed E-state index contributed by atoms with van der Waals surface area (Å²) in [6.07, 6.45) is 0.345. The largest absolute Gasteiger partial charge is 0.497 e. The number of hydrogen-bond acceptors (Lipinski definition) is 6. The molecular weight excluding hydrogens is 326 g/mol. The van der Waals surface area contributed by atoms with E-state index in [4.69, 9.17) is 9.47 Å². The van der Waals surface area contributed by atoms with E-state index in [0.717, 1.165) is 17.4 Å². The van der Waals surface area contributed by atoms with Crippen molar-refractivity contribution in [2.45, 2.75) is 13.3 Å². The van der Waals surface area contributed by atoms with E-state index in [1.54, 1.807) is 26.2 Å². The van der Waals surface area contributed by atoms with E-state index in [1.165, 1.54) is 0 Å². The molecule has 2 rings (SSSR count). The highest BCUT2D eigenvalue weighted by atomic mass is 16.5. The minimum absolute atomic E-state index is 0.0587. The second kappa shape index (κ2) is 8.62. The number of benzene rings is 1. The van der Waals surface area contributed by atoms with Crippen molar-refractivity contribution in [1.82, 2.24) is 15.3 Å². The van der Waals surface area contributed by atoms with Crippen LogP contribution in [0.1, 0.15) is 28.8 Å². The zero-order chi connectivity index (χ0) is 18.2. The van der Waals surface area contributed by atoms with Crippen LogP contribution in [0.25, 0.3) is 0 Å². The molecule has 132 valence electrons. The van der Waals surface area contributed by atoms with Crippen LogP contribution in [0, 0.1) is 0 Å². The maximum atomic E-state index is 12.0. The van der Waals surface area contributed by atoms with Gasteiger partial charge in [-0.1, -0.05) is 12.1 Å². The van der Waals surface area contributed by atoms with Crippen LogP contribution in [0.2, 0.25) is 0 Å². The molecule has 0 bridgehead atoms. The second-order valence-electron chi connectivity index (χ2n) is 5.09. The number of hydrogen-bond donors (Lipinski definition) is 2. The Morgan fingerprint density at radius 1 is 1.24 bits per heavy atom. The fraction of sp³-hybridized carbons (Fsp3) is 0.294. The minimum Gasteiger partial charge on any atom is -0.497 e. The van der Waals surface area contributed by atoms with Crippen LogP contribution in [0.5, 0.6) is 5.75 Å². The molecule has 0 saturated carbocycles. The summed E-state index contributed by atoms with van der Waals surface area (Å²) in [5, 5.41) is 2.37. The van der Waals surface area contributed by atoms with Gasteiger partial charge in [0.25, 0.3) is 11.5 Å². The summed E-state index contributed by atoms with van der Waals surface area (Å²) in [5.41, 5.74) is 0.393. The Balaban J connectivity index is 2.09. The number of carbonyl (C=O) groups is 2. The summed E-state index contributed by atoms with van der Waals surface area (Å²) in [4.78, 5) is 41.8. The molecule has 0 atom stereocenters. The van der Waals surface area contributed by atoms with Gasteiger partial charge in [-0.2, -0.15) is 0 Å². The van der Waals surface area contributed by atoms with Crippen molar-refractivity contribution in [3.63, 3.8) is 0 Å².